The number of halogens is 1. The first-order valence-electron chi connectivity index (χ1n) is 9.39. The maximum atomic E-state index is 13.0. The molecule has 0 spiro atoms. The quantitative estimate of drug-likeness (QED) is 0.670. The van der Waals surface area contributed by atoms with E-state index >= 15 is 0 Å². The fourth-order valence-corrected chi connectivity index (χ4v) is 6.21. The number of piperidine rings is 1. The summed E-state index contributed by atoms with van der Waals surface area (Å²) in [5.74, 6) is -0.158. The van der Waals surface area contributed by atoms with Crippen molar-refractivity contribution in [2.75, 3.05) is 19.6 Å². The second-order valence-corrected chi connectivity index (χ2v) is 10.6. The van der Waals surface area contributed by atoms with Gasteiger partial charge in [-0.3, -0.25) is 4.79 Å². The number of rotatable bonds is 6. The predicted octanol–water partition coefficient (Wildman–Crippen LogP) is 3.72. The first-order valence-corrected chi connectivity index (χ1v) is 12.0. The Kier molecular flexibility index (Phi) is 6.96. The van der Waals surface area contributed by atoms with Gasteiger partial charge in [0.15, 0.2) is 0 Å². The molecule has 3 rings (SSSR count). The molecule has 1 fully saturated rings. The molecule has 1 aliphatic heterocycles. The average Bonchev–Trinajstić information content (AvgIpc) is 3.16. The monoisotopic (exact) mass is 451 g/mol. The minimum Gasteiger partial charge on any atom is -0.338 e. The number of benzene rings is 1. The van der Waals surface area contributed by atoms with Crippen LogP contribution in [0.4, 0.5) is 0 Å². The molecular weight excluding hydrogens is 430 g/mol. The first-order chi connectivity index (χ1) is 13.9. The number of nitrogens with zero attached hydrogens (tertiary/aromatic N) is 3. The summed E-state index contributed by atoms with van der Waals surface area (Å²) in [6.07, 6.45) is 0.933. The summed E-state index contributed by atoms with van der Waals surface area (Å²) in [5, 5.41) is 9.22. The van der Waals surface area contributed by atoms with Crippen molar-refractivity contribution in [2.45, 2.75) is 31.2 Å². The van der Waals surface area contributed by atoms with Gasteiger partial charge in [0.1, 0.15) is 6.07 Å². The fraction of sp³-hybridized carbons (Fsp3) is 0.400. The number of hydrogen-bond donors (Lipinski definition) is 0. The topological polar surface area (TPSA) is 81.5 Å². The minimum atomic E-state index is -3.75. The zero-order chi connectivity index (χ0) is 21.0. The number of thiophene rings is 1. The Labute approximate surface area is 180 Å². The second kappa shape index (κ2) is 9.26. The zero-order valence-electron chi connectivity index (χ0n) is 16.0. The van der Waals surface area contributed by atoms with E-state index in [9.17, 15) is 18.5 Å². The van der Waals surface area contributed by atoms with Crippen LogP contribution >= 0.6 is 22.9 Å². The third kappa shape index (κ3) is 4.81. The van der Waals surface area contributed by atoms with Gasteiger partial charge in [-0.2, -0.15) is 9.57 Å². The minimum absolute atomic E-state index is 0.0250. The van der Waals surface area contributed by atoms with Gasteiger partial charge in [0.25, 0.3) is 0 Å². The van der Waals surface area contributed by atoms with Crippen LogP contribution in [0.5, 0.6) is 0 Å². The van der Waals surface area contributed by atoms with Gasteiger partial charge in [-0.05, 0) is 44.0 Å². The second-order valence-electron chi connectivity index (χ2n) is 6.84. The molecule has 0 radical (unpaired) electrons. The van der Waals surface area contributed by atoms with Crippen molar-refractivity contribution in [3.8, 4) is 6.07 Å². The van der Waals surface area contributed by atoms with E-state index in [2.05, 4.69) is 0 Å². The summed E-state index contributed by atoms with van der Waals surface area (Å²) in [4.78, 5) is 15.8. The molecule has 0 aliphatic carbocycles. The number of hydrogen-bond acceptors (Lipinski definition) is 5. The van der Waals surface area contributed by atoms with E-state index in [1.54, 1.807) is 17.0 Å². The van der Waals surface area contributed by atoms with E-state index < -0.39 is 10.0 Å². The van der Waals surface area contributed by atoms with Crippen LogP contribution in [0.15, 0.2) is 41.3 Å². The molecule has 0 unspecified atom stereocenters. The first kappa shape index (κ1) is 21.8. The van der Waals surface area contributed by atoms with Gasteiger partial charge in [-0.25, -0.2) is 8.42 Å². The van der Waals surface area contributed by atoms with Crippen molar-refractivity contribution in [2.24, 2.45) is 5.92 Å². The molecule has 154 valence electrons. The lowest BCUT2D eigenvalue weighted by atomic mass is 9.96. The van der Waals surface area contributed by atoms with Gasteiger partial charge in [-0.1, -0.05) is 23.7 Å². The molecule has 2 aromatic rings. The summed E-state index contributed by atoms with van der Waals surface area (Å²) in [5.41, 5.74) is 0.137. The van der Waals surface area contributed by atoms with Crippen molar-refractivity contribution < 1.29 is 13.2 Å². The molecule has 0 N–H and O–H groups in total. The predicted molar refractivity (Wildman–Crippen MR) is 113 cm³/mol. The molecule has 0 saturated carbocycles. The van der Waals surface area contributed by atoms with Gasteiger partial charge in [-0.15, -0.1) is 11.3 Å². The summed E-state index contributed by atoms with van der Waals surface area (Å²) < 4.78 is 28.0. The van der Waals surface area contributed by atoms with Crippen LogP contribution in [-0.2, 0) is 21.4 Å². The van der Waals surface area contributed by atoms with Gasteiger partial charge in [0.05, 0.1) is 21.3 Å². The van der Waals surface area contributed by atoms with Crippen LogP contribution in [0, 0.1) is 17.2 Å². The Balaban J connectivity index is 1.66. The van der Waals surface area contributed by atoms with Crippen LogP contribution in [0.2, 0.25) is 4.34 Å². The van der Waals surface area contributed by atoms with Crippen molar-refractivity contribution in [3.05, 3.63) is 51.2 Å². The van der Waals surface area contributed by atoms with Crippen LogP contribution in [0.25, 0.3) is 0 Å². The molecule has 6 nitrogen and oxygen atoms in total. The Morgan fingerprint density at radius 1 is 1.28 bits per heavy atom. The van der Waals surface area contributed by atoms with Gasteiger partial charge in [0.2, 0.25) is 15.9 Å². The highest BCUT2D eigenvalue weighted by Gasteiger charge is 2.34. The lowest BCUT2D eigenvalue weighted by molar-refractivity contribution is -0.137. The normalized spacial score (nSPS) is 15.8. The smallest absolute Gasteiger partial charge is 0.244 e. The van der Waals surface area contributed by atoms with E-state index in [1.807, 2.05) is 25.1 Å². The molecule has 1 amide bonds. The molecule has 0 atom stereocenters. The average molecular weight is 452 g/mol. The summed E-state index contributed by atoms with van der Waals surface area (Å²) >= 11 is 7.44. The molecule has 2 heterocycles. The molecule has 1 aromatic carbocycles. The van der Waals surface area contributed by atoms with Crippen LogP contribution in [0.3, 0.4) is 0 Å². The van der Waals surface area contributed by atoms with Crippen molar-refractivity contribution >= 4 is 38.9 Å². The number of nitriles is 1. The van der Waals surface area contributed by atoms with Crippen LogP contribution in [-0.4, -0.2) is 43.2 Å². The molecule has 1 aromatic heterocycles. The molecule has 9 heteroatoms. The van der Waals surface area contributed by atoms with Crippen molar-refractivity contribution in [1.29, 1.82) is 5.26 Å². The third-order valence-corrected chi connectivity index (χ3v) is 8.27. The van der Waals surface area contributed by atoms with Crippen molar-refractivity contribution in [1.82, 2.24) is 9.21 Å². The summed E-state index contributed by atoms with van der Waals surface area (Å²) in [6, 6.07) is 11.9. The molecular formula is C20H22ClN3O3S2. The third-order valence-electron chi connectivity index (χ3n) is 5.10. The van der Waals surface area contributed by atoms with E-state index in [-0.39, 0.29) is 35.4 Å². The summed E-state index contributed by atoms with van der Waals surface area (Å²) in [6.45, 7) is 3.57. The van der Waals surface area contributed by atoms with E-state index in [0.717, 1.165) is 4.88 Å². The molecule has 1 aliphatic rings. The molecule has 1 saturated heterocycles. The number of amides is 1. The highest BCUT2D eigenvalue weighted by molar-refractivity contribution is 7.89. The highest BCUT2D eigenvalue weighted by atomic mass is 35.5. The van der Waals surface area contributed by atoms with E-state index in [4.69, 9.17) is 11.6 Å². The lowest BCUT2D eigenvalue weighted by Gasteiger charge is -2.33. The van der Waals surface area contributed by atoms with Crippen LogP contribution < -0.4 is 0 Å². The van der Waals surface area contributed by atoms with Gasteiger partial charge in [0, 0.05) is 30.4 Å². The standard InChI is InChI=1S/C20H22ClN3O3S2/c1-2-23(14-17-7-8-19(21)28-17)20(25)15-9-11-24(12-10-15)29(26,27)18-6-4-3-5-16(18)13-22/h3-8,15H,2,9-12,14H2,1H3. The summed E-state index contributed by atoms with van der Waals surface area (Å²) in [7, 11) is -3.75. The van der Waals surface area contributed by atoms with Crippen LogP contribution in [0.1, 0.15) is 30.2 Å². The Morgan fingerprint density at radius 2 is 1.97 bits per heavy atom. The lowest BCUT2D eigenvalue weighted by Crippen LogP contribution is -2.44. The Bertz CT molecular complexity index is 1020. The number of carbonyl (C=O) groups is 1. The SMILES string of the molecule is CCN(Cc1ccc(Cl)s1)C(=O)C1CCN(S(=O)(=O)c2ccccc2C#N)CC1. The maximum Gasteiger partial charge on any atom is 0.244 e. The highest BCUT2D eigenvalue weighted by Crippen LogP contribution is 2.28. The molecule has 0 bridgehead atoms. The zero-order valence-corrected chi connectivity index (χ0v) is 18.4. The Morgan fingerprint density at radius 3 is 2.55 bits per heavy atom. The fourth-order valence-electron chi connectivity index (χ4n) is 3.49. The number of sulfonamides is 1. The molecule has 29 heavy (non-hydrogen) atoms. The Hall–Kier alpha value is -1.92. The van der Waals surface area contributed by atoms with E-state index in [0.29, 0.717) is 30.3 Å². The van der Waals surface area contributed by atoms with Crippen molar-refractivity contribution in [3.63, 3.8) is 0 Å². The van der Waals surface area contributed by atoms with Gasteiger partial charge < -0.3 is 4.90 Å². The van der Waals surface area contributed by atoms with E-state index in [1.165, 1.54) is 27.8 Å². The number of carbonyl (C=O) groups excluding carboxylic acids is 1. The largest absolute Gasteiger partial charge is 0.338 e. The van der Waals surface area contributed by atoms with Gasteiger partial charge >= 0.3 is 0 Å². The maximum absolute atomic E-state index is 13.0.